The largest absolute Gasteiger partial charge is 0.0882 e. The molecule has 244 valence electrons. The second kappa shape index (κ2) is 16.9. The molecule has 6 aliphatic carbocycles. The predicted octanol–water partition coefficient (Wildman–Crippen LogP) is 13.5. The van der Waals surface area contributed by atoms with E-state index in [1.807, 2.05) is 13.8 Å². The molecular weight excluding hydrogens is 504 g/mol. The van der Waals surface area contributed by atoms with Gasteiger partial charge in [-0.05, 0) is 122 Å². The van der Waals surface area contributed by atoms with Gasteiger partial charge in [-0.15, -0.1) is 0 Å². The van der Waals surface area contributed by atoms with Gasteiger partial charge in [0, 0.05) is 0 Å². The molecule has 0 radical (unpaired) electrons. The minimum atomic E-state index is 0. The monoisotopic (exact) mass is 581 g/mol. The Labute approximate surface area is 265 Å². The third-order valence-electron chi connectivity index (χ3n) is 14.5. The van der Waals surface area contributed by atoms with Crippen molar-refractivity contribution < 1.29 is 0 Å². The molecule has 6 aliphatic rings. The van der Waals surface area contributed by atoms with Crippen molar-refractivity contribution in [3.8, 4) is 0 Å². The topological polar surface area (TPSA) is 0 Å². The molecule has 6 rings (SSSR count). The molecule has 12 unspecified atom stereocenters. The van der Waals surface area contributed by atoms with Crippen molar-refractivity contribution >= 4 is 0 Å². The van der Waals surface area contributed by atoms with Crippen molar-refractivity contribution in [3.05, 3.63) is 12.2 Å². The maximum atomic E-state index is 2.79. The number of hydrogen-bond acceptors (Lipinski definition) is 0. The highest BCUT2D eigenvalue weighted by Gasteiger charge is 2.56. The Kier molecular flexibility index (Phi) is 13.9. The fraction of sp³-hybridized carbons (Fsp3) is 0.952. The van der Waals surface area contributed by atoms with Crippen LogP contribution >= 0.6 is 0 Å². The fourth-order valence-electron chi connectivity index (χ4n) is 13.1. The van der Waals surface area contributed by atoms with Gasteiger partial charge in [0.25, 0.3) is 0 Å². The van der Waals surface area contributed by atoms with Gasteiger partial charge in [-0.2, -0.15) is 0 Å². The van der Waals surface area contributed by atoms with Crippen LogP contribution in [0.15, 0.2) is 12.2 Å². The van der Waals surface area contributed by atoms with Crippen LogP contribution in [0.3, 0.4) is 0 Å². The van der Waals surface area contributed by atoms with E-state index in [1.165, 1.54) is 70.6 Å². The minimum Gasteiger partial charge on any atom is -0.0882 e. The fourth-order valence-corrected chi connectivity index (χ4v) is 13.1. The van der Waals surface area contributed by atoms with E-state index in [4.69, 9.17) is 0 Å². The van der Waals surface area contributed by atoms with E-state index in [-0.39, 0.29) is 7.43 Å². The van der Waals surface area contributed by atoms with Gasteiger partial charge in [0.05, 0.1) is 0 Å². The molecule has 0 bridgehead atoms. The van der Waals surface area contributed by atoms with Crippen molar-refractivity contribution in [2.75, 3.05) is 0 Å². The SMILES string of the molecule is C.CC.CCCC1C(C)C(C(C)CCCCC2CCCCC2)C2CCCCC2C1C1CC2C=CCCC2C2CCCC21. The molecule has 0 amide bonds. The highest BCUT2D eigenvalue weighted by molar-refractivity contribution is 5.09. The molecule has 0 aliphatic heterocycles. The molecule has 0 aromatic rings. The molecule has 42 heavy (non-hydrogen) atoms. The van der Waals surface area contributed by atoms with Crippen molar-refractivity contribution in [1.82, 2.24) is 0 Å². The summed E-state index contributed by atoms with van der Waals surface area (Å²) in [6, 6.07) is 0. The zero-order chi connectivity index (χ0) is 28.8. The maximum Gasteiger partial charge on any atom is -0.0199 e. The van der Waals surface area contributed by atoms with Gasteiger partial charge in [-0.25, -0.2) is 0 Å². The summed E-state index contributed by atoms with van der Waals surface area (Å²) in [7, 11) is 0. The maximum absolute atomic E-state index is 2.79. The summed E-state index contributed by atoms with van der Waals surface area (Å²) in [5, 5.41) is 0. The highest BCUT2D eigenvalue weighted by Crippen LogP contribution is 2.63. The van der Waals surface area contributed by atoms with E-state index in [2.05, 4.69) is 32.9 Å². The third kappa shape index (κ3) is 7.41. The van der Waals surface area contributed by atoms with Gasteiger partial charge in [-0.1, -0.05) is 144 Å². The first-order chi connectivity index (χ1) is 20.2. The van der Waals surface area contributed by atoms with Crippen molar-refractivity contribution in [2.24, 2.45) is 76.9 Å². The van der Waals surface area contributed by atoms with Crippen LogP contribution in [0.5, 0.6) is 0 Å². The molecular formula is C42H76. The summed E-state index contributed by atoms with van der Waals surface area (Å²) in [5.74, 6) is 13.4. The van der Waals surface area contributed by atoms with Gasteiger partial charge in [0.15, 0.2) is 0 Å². The number of hydrogen-bond donors (Lipinski definition) is 0. The summed E-state index contributed by atoms with van der Waals surface area (Å²) in [6.45, 7) is 12.0. The quantitative estimate of drug-likeness (QED) is 0.188. The summed E-state index contributed by atoms with van der Waals surface area (Å²) in [5.41, 5.74) is 0. The second-order valence-electron chi connectivity index (χ2n) is 16.3. The van der Waals surface area contributed by atoms with E-state index >= 15 is 0 Å². The molecule has 5 saturated carbocycles. The highest BCUT2D eigenvalue weighted by atomic mass is 14.6. The van der Waals surface area contributed by atoms with E-state index in [0.717, 1.165) is 76.9 Å². The van der Waals surface area contributed by atoms with Gasteiger partial charge >= 0.3 is 0 Å². The van der Waals surface area contributed by atoms with Crippen LogP contribution in [0.2, 0.25) is 0 Å². The first-order valence-electron chi connectivity index (χ1n) is 19.8. The molecule has 0 nitrogen and oxygen atoms in total. The molecule has 0 saturated heterocycles. The average molecular weight is 581 g/mol. The van der Waals surface area contributed by atoms with E-state index in [1.54, 1.807) is 64.2 Å². The normalized spacial score (nSPS) is 42.3. The molecule has 12 atom stereocenters. The third-order valence-corrected chi connectivity index (χ3v) is 14.5. The number of unbranched alkanes of at least 4 members (excludes halogenated alkanes) is 1. The lowest BCUT2D eigenvalue weighted by molar-refractivity contribution is -0.112. The Morgan fingerprint density at radius 2 is 1.36 bits per heavy atom. The first-order valence-corrected chi connectivity index (χ1v) is 19.8. The van der Waals surface area contributed by atoms with Crippen LogP contribution in [0.1, 0.15) is 177 Å². The van der Waals surface area contributed by atoms with Crippen LogP contribution < -0.4 is 0 Å². The molecule has 0 aromatic carbocycles. The molecule has 5 fully saturated rings. The Hall–Kier alpha value is -0.260. The molecule has 0 N–H and O–H groups in total. The Bertz CT molecular complexity index is 769. The Balaban J connectivity index is 0.00000132. The van der Waals surface area contributed by atoms with Crippen molar-refractivity contribution in [3.63, 3.8) is 0 Å². The first kappa shape index (κ1) is 34.6. The lowest BCUT2D eigenvalue weighted by Gasteiger charge is -2.60. The van der Waals surface area contributed by atoms with Gasteiger partial charge in [0.2, 0.25) is 0 Å². The second-order valence-corrected chi connectivity index (χ2v) is 16.3. The summed E-state index contributed by atoms with van der Waals surface area (Å²) in [4.78, 5) is 0. The number of fused-ring (bicyclic) bond motifs is 4. The zero-order valence-electron chi connectivity index (χ0n) is 28.5. The number of rotatable bonds is 9. The predicted molar refractivity (Wildman–Crippen MR) is 187 cm³/mol. The van der Waals surface area contributed by atoms with Crippen LogP contribution in [-0.4, -0.2) is 0 Å². The van der Waals surface area contributed by atoms with Crippen molar-refractivity contribution in [2.45, 2.75) is 177 Å². The average Bonchev–Trinajstić information content (AvgIpc) is 3.52. The molecule has 0 heteroatoms. The Morgan fingerprint density at radius 1 is 0.690 bits per heavy atom. The van der Waals surface area contributed by atoms with E-state index in [0.29, 0.717) is 0 Å². The lowest BCUT2D eigenvalue weighted by Crippen LogP contribution is -2.54. The lowest BCUT2D eigenvalue weighted by atomic mass is 9.45. The number of allylic oxidation sites excluding steroid dienone is 2. The van der Waals surface area contributed by atoms with E-state index in [9.17, 15) is 0 Å². The summed E-state index contributed by atoms with van der Waals surface area (Å²) in [6.07, 6.45) is 37.4. The van der Waals surface area contributed by atoms with E-state index < -0.39 is 0 Å². The van der Waals surface area contributed by atoms with Gasteiger partial charge in [-0.3, -0.25) is 0 Å². The Morgan fingerprint density at radius 3 is 2.10 bits per heavy atom. The standard InChI is InChI=1S/C39H66.C2H6.CH4/c1-4-15-31-28(3)38(27(2)16-8-9-19-29-17-6-5-7-18-29)35-22-12-13-23-36(35)39(31)37-26-30-20-10-11-21-32(30)33-24-14-25-34(33)37;1-2;/h10,20,27-39H,4-9,11-19,21-26H2,1-3H3;1-2H3;1H4. The summed E-state index contributed by atoms with van der Waals surface area (Å²) < 4.78 is 0. The molecule has 0 heterocycles. The smallest absolute Gasteiger partial charge is 0.0199 e. The van der Waals surface area contributed by atoms with Crippen LogP contribution in [0.4, 0.5) is 0 Å². The molecule has 0 spiro atoms. The van der Waals surface area contributed by atoms with Gasteiger partial charge < -0.3 is 0 Å². The van der Waals surface area contributed by atoms with Crippen LogP contribution in [0, 0.1) is 76.9 Å². The molecule has 0 aromatic heterocycles. The minimum absolute atomic E-state index is 0. The van der Waals surface area contributed by atoms with Gasteiger partial charge in [0.1, 0.15) is 0 Å². The van der Waals surface area contributed by atoms with Crippen molar-refractivity contribution in [1.29, 1.82) is 0 Å². The van der Waals surface area contributed by atoms with Crippen LogP contribution in [-0.2, 0) is 0 Å². The zero-order valence-corrected chi connectivity index (χ0v) is 28.5. The van der Waals surface area contributed by atoms with Crippen LogP contribution in [0.25, 0.3) is 0 Å². The summed E-state index contributed by atoms with van der Waals surface area (Å²) >= 11 is 0.